The smallest absolute Gasteiger partial charge is 0.267 e. The molecule has 10 heteroatoms. The molecule has 32 heavy (non-hydrogen) atoms. The van der Waals surface area contributed by atoms with Crippen molar-refractivity contribution in [3.05, 3.63) is 44.7 Å². The second kappa shape index (κ2) is 8.93. The minimum absolute atomic E-state index is 0.0108. The molecule has 5 rings (SSSR count). The molecule has 0 saturated carbocycles. The Morgan fingerprint density at radius 3 is 2.81 bits per heavy atom. The van der Waals surface area contributed by atoms with Crippen LogP contribution in [0.5, 0.6) is 0 Å². The Morgan fingerprint density at radius 1 is 1.25 bits per heavy atom. The molecule has 2 aromatic rings. The average molecular weight is 473 g/mol. The van der Waals surface area contributed by atoms with Gasteiger partial charge < -0.3 is 14.4 Å². The molecule has 0 aromatic carbocycles. The fourth-order valence-electron chi connectivity index (χ4n) is 4.17. The molecule has 2 aromatic heterocycles. The molecule has 3 saturated heterocycles. The number of amides is 1. The van der Waals surface area contributed by atoms with E-state index in [0.29, 0.717) is 59.1 Å². The molecule has 0 spiro atoms. The van der Waals surface area contributed by atoms with Crippen molar-refractivity contribution in [2.75, 3.05) is 44.4 Å². The van der Waals surface area contributed by atoms with Gasteiger partial charge in [0.15, 0.2) is 0 Å². The highest BCUT2D eigenvalue weighted by Crippen LogP contribution is 2.34. The highest BCUT2D eigenvalue weighted by molar-refractivity contribution is 8.26. The number of morpholine rings is 1. The zero-order valence-electron chi connectivity index (χ0n) is 17.8. The maximum absolute atomic E-state index is 13.5. The summed E-state index contributed by atoms with van der Waals surface area (Å²) in [5, 5.41) is 0. The van der Waals surface area contributed by atoms with Crippen LogP contribution in [-0.4, -0.2) is 70.1 Å². The average Bonchev–Trinajstić information content (AvgIpc) is 3.40. The molecular formula is C22H24N4O4S2. The van der Waals surface area contributed by atoms with Crippen LogP contribution in [-0.2, 0) is 14.3 Å². The predicted octanol–water partition coefficient (Wildman–Crippen LogP) is 2.22. The summed E-state index contributed by atoms with van der Waals surface area (Å²) in [6.07, 6.45) is 5.36. The van der Waals surface area contributed by atoms with Crippen LogP contribution < -0.4 is 10.5 Å². The van der Waals surface area contributed by atoms with Gasteiger partial charge in [-0.25, -0.2) is 4.98 Å². The Kier molecular flexibility index (Phi) is 6.02. The molecule has 8 nitrogen and oxygen atoms in total. The lowest BCUT2D eigenvalue weighted by molar-refractivity contribution is -0.123. The number of aromatic nitrogens is 2. The van der Waals surface area contributed by atoms with Gasteiger partial charge in [0.1, 0.15) is 15.8 Å². The molecule has 0 aliphatic carbocycles. The minimum atomic E-state index is -0.204. The van der Waals surface area contributed by atoms with Gasteiger partial charge in [-0.05, 0) is 37.5 Å². The highest BCUT2D eigenvalue weighted by Gasteiger charge is 2.35. The van der Waals surface area contributed by atoms with E-state index < -0.39 is 0 Å². The van der Waals surface area contributed by atoms with Crippen molar-refractivity contribution in [3.63, 3.8) is 0 Å². The molecule has 5 heterocycles. The van der Waals surface area contributed by atoms with Crippen LogP contribution in [0.15, 0.2) is 28.0 Å². The van der Waals surface area contributed by atoms with E-state index in [4.69, 9.17) is 26.7 Å². The fraction of sp³-hybridized carbons (Fsp3) is 0.455. The molecule has 1 atom stereocenters. The van der Waals surface area contributed by atoms with Crippen molar-refractivity contribution >= 4 is 51.7 Å². The summed E-state index contributed by atoms with van der Waals surface area (Å²) in [5.74, 6) is 0.392. The first-order valence-electron chi connectivity index (χ1n) is 10.7. The number of carbonyl (C=O) groups excluding carboxylic acids is 1. The second-order valence-corrected chi connectivity index (χ2v) is 9.79. The number of pyridine rings is 1. The van der Waals surface area contributed by atoms with Crippen LogP contribution in [0.1, 0.15) is 24.0 Å². The van der Waals surface area contributed by atoms with Gasteiger partial charge in [0.05, 0.1) is 36.3 Å². The van der Waals surface area contributed by atoms with Gasteiger partial charge in [0.2, 0.25) is 0 Å². The van der Waals surface area contributed by atoms with Gasteiger partial charge in [-0.15, -0.1) is 0 Å². The third-order valence-corrected chi connectivity index (χ3v) is 7.23. The van der Waals surface area contributed by atoms with Crippen molar-refractivity contribution in [3.8, 4) is 0 Å². The van der Waals surface area contributed by atoms with E-state index in [1.165, 1.54) is 16.2 Å². The number of nitrogens with zero attached hydrogens (tertiary/aromatic N) is 4. The lowest BCUT2D eigenvalue weighted by atomic mass is 10.2. The normalized spacial score (nSPS) is 23.2. The Labute approximate surface area is 195 Å². The Bertz CT molecular complexity index is 1170. The summed E-state index contributed by atoms with van der Waals surface area (Å²) < 4.78 is 13.2. The van der Waals surface area contributed by atoms with E-state index in [1.807, 2.05) is 24.0 Å². The summed E-state index contributed by atoms with van der Waals surface area (Å²) in [5.41, 5.74) is 1.72. The number of hydrogen-bond acceptors (Lipinski definition) is 8. The van der Waals surface area contributed by atoms with Crippen molar-refractivity contribution in [1.29, 1.82) is 0 Å². The topological polar surface area (TPSA) is 76.4 Å². The summed E-state index contributed by atoms with van der Waals surface area (Å²) in [7, 11) is 0. The van der Waals surface area contributed by atoms with Crippen LogP contribution in [0.3, 0.4) is 0 Å². The number of thioether (sulfide) groups is 1. The SMILES string of the molecule is Cc1ccc2nc(N3CCOCC3)c(/C=C3\SC(=S)N(C[C@@H]4CCCO4)C3=O)c(=O)n2c1. The van der Waals surface area contributed by atoms with E-state index in [-0.39, 0.29) is 17.6 Å². The Morgan fingerprint density at radius 2 is 2.06 bits per heavy atom. The summed E-state index contributed by atoms with van der Waals surface area (Å²) in [6, 6.07) is 3.77. The summed E-state index contributed by atoms with van der Waals surface area (Å²) in [6.45, 7) is 5.50. The molecule has 0 radical (unpaired) electrons. The molecule has 3 aliphatic rings. The molecule has 3 fully saturated rings. The molecule has 1 amide bonds. The number of thiocarbonyl (C=S) groups is 1. The number of ether oxygens (including phenoxy) is 2. The minimum Gasteiger partial charge on any atom is -0.378 e. The number of anilines is 1. The van der Waals surface area contributed by atoms with Crippen LogP contribution in [0.2, 0.25) is 0 Å². The van der Waals surface area contributed by atoms with Gasteiger partial charge in [0, 0.05) is 25.9 Å². The first-order valence-corrected chi connectivity index (χ1v) is 12.0. The first-order chi connectivity index (χ1) is 15.5. The zero-order chi connectivity index (χ0) is 22.2. The van der Waals surface area contributed by atoms with Gasteiger partial charge in [-0.3, -0.25) is 18.9 Å². The monoisotopic (exact) mass is 472 g/mol. The van der Waals surface area contributed by atoms with Gasteiger partial charge in [-0.1, -0.05) is 30.0 Å². The Balaban J connectivity index is 1.57. The number of carbonyl (C=O) groups is 1. The van der Waals surface area contributed by atoms with E-state index in [1.54, 1.807) is 17.2 Å². The number of aryl methyl sites for hydroxylation is 1. The van der Waals surface area contributed by atoms with E-state index >= 15 is 0 Å². The van der Waals surface area contributed by atoms with E-state index in [0.717, 1.165) is 25.0 Å². The zero-order valence-corrected chi connectivity index (χ0v) is 19.4. The molecule has 0 bridgehead atoms. The van der Waals surface area contributed by atoms with Gasteiger partial charge >= 0.3 is 0 Å². The first kappa shape index (κ1) is 21.6. The lowest BCUT2D eigenvalue weighted by Crippen LogP contribution is -2.38. The summed E-state index contributed by atoms with van der Waals surface area (Å²) in [4.78, 5) is 35.5. The molecule has 168 valence electrons. The Hall–Kier alpha value is -2.27. The van der Waals surface area contributed by atoms with Gasteiger partial charge in [-0.2, -0.15) is 0 Å². The molecule has 0 N–H and O–H groups in total. The maximum atomic E-state index is 13.5. The van der Waals surface area contributed by atoms with Crippen molar-refractivity contribution in [2.45, 2.75) is 25.9 Å². The maximum Gasteiger partial charge on any atom is 0.267 e. The van der Waals surface area contributed by atoms with Crippen molar-refractivity contribution in [1.82, 2.24) is 14.3 Å². The second-order valence-electron chi connectivity index (χ2n) is 8.12. The number of fused-ring (bicyclic) bond motifs is 1. The van der Waals surface area contributed by atoms with Crippen LogP contribution in [0.25, 0.3) is 11.7 Å². The van der Waals surface area contributed by atoms with Crippen LogP contribution in [0, 0.1) is 6.92 Å². The van der Waals surface area contributed by atoms with E-state index in [2.05, 4.69) is 0 Å². The number of rotatable bonds is 4. The molecule has 0 unspecified atom stereocenters. The fourth-order valence-corrected chi connectivity index (χ4v) is 5.43. The highest BCUT2D eigenvalue weighted by atomic mass is 32.2. The third-order valence-electron chi connectivity index (χ3n) is 5.86. The quantitative estimate of drug-likeness (QED) is 0.495. The van der Waals surface area contributed by atoms with Crippen molar-refractivity contribution in [2.24, 2.45) is 0 Å². The lowest BCUT2D eigenvalue weighted by Gasteiger charge is -2.29. The largest absolute Gasteiger partial charge is 0.378 e. The molecule has 3 aliphatic heterocycles. The van der Waals surface area contributed by atoms with Crippen molar-refractivity contribution < 1.29 is 14.3 Å². The standard InChI is InChI=1S/C22H24N4O4S2/c1-14-4-5-18-23-19(24-6-9-29-10-7-24)16(20(27)25(18)12-14)11-17-21(28)26(22(31)32-17)13-15-3-2-8-30-15/h4-5,11-12,15H,2-3,6-10,13H2,1H3/b17-11-/t15-/m0/s1. The van der Waals surface area contributed by atoms with E-state index in [9.17, 15) is 9.59 Å². The third kappa shape index (κ3) is 4.07. The molecular weight excluding hydrogens is 448 g/mol. The van der Waals surface area contributed by atoms with Crippen LogP contribution >= 0.6 is 24.0 Å². The van der Waals surface area contributed by atoms with Crippen LogP contribution in [0.4, 0.5) is 5.82 Å². The predicted molar refractivity (Wildman–Crippen MR) is 128 cm³/mol. The summed E-state index contributed by atoms with van der Waals surface area (Å²) >= 11 is 6.70. The number of hydrogen-bond donors (Lipinski definition) is 0. The van der Waals surface area contributed by atoms with Gasteiger partial charge in [0.25, 0.3) is 11.5 Å².